The Morgan fingerprint density at radius 2 is 1.65 bits per heavy atom. The first kappa shape index (κ1) is 9.11. The number of hydrogen-bond donors (Lipinski definition) is 0. The highest BCUT2D eigenvalue weighted by Crippen LogP contribution is 2.39. The van der Waals surface area contributed by atoms with E-state index in [2.05, 4.69) is 35.3 Å². The van der Waals surface area contributed by atoms with Crippen LogP contribution in [0.3, 0.4) is 0 Å². The molecule has 0 bridgehead atoms. The van der Waals surface area contributed by atoms with Crippen LogP contribution >= 0.6 is 0 Å². The van der Waals surface area contributed by atoms with Crippen molar-refractivity contribution < 1.29 is 0 Å². The standard InChI is InChI=1S/C15H12N2/c1-2-11-5-6-12-7-8-13(10-3-4-10)17-15(12)14(11)16-9-1/h1-2,5-10H,3-4H2. The van der Waals surface area contributed by atoms with E-state index in [9.17, 15) is 0 Å². The highest BCUT2D eigenvalue weighted by molar-refractivity contribution is 6.02. The first-order valence-corrected chi connectivity index (χ1v) is 6.06. The lowest BCUT2D eigenvalue weighted by Gasteiger charge is -2.04. The molecule has 0 unspecified atom stereocenters. The van der Waals surface area contributed by atoms with Gasteiger partial charge in [0.1, 0.15) is 0 Å². The Labute approximate surface area is 99.3 Å². The lowest BCUT2D eigenvalue weighted by molar-refractivity contribution is 1.04. The molecule has 2 heterocycles. The van der Waals surface area contributed by atoms with Crippen LogP contribution < -0.4 is 0 Å². The average molecular weight is 220 g/mol. The van der Waals surface area contributed by atoms with Crippen LogP contribution in [0.4, 0.5) is 0 Å². The Bertz CT molecular complexity index is 714. The van der Waals surface area contributed by atoms with Crippen molar-refractivity contribution in [3.8, 4) is 0 Å². The molecule has 1 aliphatic carbocycles. The third kappa shape index (κ3) is 1.41. The summed E-state index contributed by atoms with van der Waals surface area (Å²) in [6, 6.07) is 12.6. The van der Waals surface area contributed by atoms with Crippen LogP contribution in [-0.4, -0.2) is 9.97 Å². The normalized spacial score (nSPS) is 15.5. The summed E-state index contributed by atoms with van der Waals surface area (Å²) in [7, 11) is 0. The predicted molar refractivity (Wildman–Crippen MR) is 69.0 cm³/mol. The third-order valence-electron chi connectivity index (χ3n) is 3.45. The largest absolute Gasteiger partial charge is 0.254 e. The third-order valence-corrected chi connectivity index (χ3v) is 3.45. The number of benzene rings is 1. The summed E-state index contributed by atoms with van der Waals surface area (Å²) in [5.74, 6) is 0.693. The van der Waals surface area contributed by atoms with E-state index in [1.54, 1.807) is 0 Å². The van der Waals surface area contributed by atoms with Gasteiger partial charge in [0.05, 0.1) is 11.0 Å². The number of hydrogen-bond acceptors (Lipinski definition) is 2. The fourth-order valence-corrected chi connectivity index (χ4v) is 2.35. The fourth-order valence-electron chi connectivity index (χ4n) is 2.35. The van der Waals surface area contributed by atoms with Crippen molar-refractivity contribution in [2.45, 2.75) is 18.8 Å². The molecule has 2 aromatic heterocycles. The van der Waals surface area contributed by atoms with Gasteiger partial charge < -0.3 is 0 Å². The molecule has 0 amide bonds. The average Bonchev–Trinajstić information content (AvgIpc) is 3.22. The van der Waals surface area contributed by atoms with Gasteiger partial charge in [0.25, 0.3) is 0 Å². The summed E-state index contributed by atoms with van der Waals surface area (Å²) in [6.07, 6.45) is 4.42. The highest BCUT2D eigenvalue weighted by Gasteiger charge is 2.25. The van der Waals surface area contributed by atoms with E-state index in [-0.39, 0.29) is 0 Å². The van der Waals surface area contributed by atoms with Crippen molar-refractivity contribution >= 4 is 21.8 Å². The van der Waals surface area contributed by atoms with Crippen LogP contribution in [0.15, 0.2) is 42.6 Å². The molecule has 0 radical (unpaired) electrons. The van der Waals surface area contributed by atoms with Crippen molar-refractivity contribution in [1.29, 1.82) is 0 Å². The number of pyridine rings is 2. The van der Waals surface area contributed by atoms with E-state index < -0.39 is 0 Å². The zero-order valence-corrected chi connectivity index (χ0v) is 9.43. The van der Waals surface area contributed by atoms with Gasteiger partial charge in [-0.05, 0) is 25.0 Å². The molecule has 0 spiro atoms. The van der Waals surface area contributed by atoms with Crippen molar-refractivity contribution in [3.05, 3.63) is 48.3 Å². The molecule has 2 nitrogen and oxygen atoms in total. The van der Waals surface area contributed by atoms with Gasteiger partial charge in [0.15, 0.2) is 0 Å². The van der Waals surface area contributed by atoms with Gasteiger partial charge in [-0.2, -0.15) is 0 Å². The Morgan fingerprint density at radius 3 is 2.47 bits per heavy atom. The first-order valence-electron chi connectivity index (χ1n) is 6.06. The molecule has 0 aliphatic heterocycles. The van der Waals surface area contributed by atoms with E-state index in [1.807, 2.05) is 12.3 Å². The molecule has 2 heteroatoms. The van der Waals surface area contributed by atoms with Crippen LogP contribution in [0, 0.1) is 0 Å². The molecule has 1 aromatic carbocycles. The maximum atomic E-state index is 4.80. The number of nitrogens with zero attached hydrogens (tertiary/aromatic N) is 2. The Hall–Kier alpha value is -1.96. The molecular weight excluding hydrogens is 208 g/mol. The number of rotatable bonds is 1. The summed E-state index contributed by atoms with van der Waals surface area (Å²) >= 11 is 0. The van der Waals surface area contributed by atoms with Gasteiger partial charge in [0, 0.05) is 28.6 Å². The zero-order valence-electron chi connectivity index (χ0n) is 9.43. The van der Waals surface area contributed by atoms with Crippen LogP contribution in [-0.2, 0) is 0 Å². The van der Waals surface area contributed by atoms with Gasteiger partial charge in [0.2, 0.25) is 0 Å². The molecule has 1 saturated carbocycles. The maximum absolute atomic E-state index is 4.80. The molecule has 1 aliphatic rings. The Balaban J connectivity index is 2.11. The van der Waals surface area contributed by atoms with E-state index in [1.165, 1.54) is 29.3 Å². The fraction of sp³-hybridized carbons (Fsp3) is 0.200. The highest BCUT2D eigenvalue weighted by atomic mass is 14.8. The molecule has 1 fully saturated rings. The van der Waals surface area contributed by atoms with Gasteiger partial charge in [-0.25, -0.2) is 0 Å². The minimum Gasteiger partial charge on any atom is -0.254 e. The first-order chi connectivity index (χ1) is 8.42. The monoisotopic (exact) mass is 220 g/mol. The number of fused-ring (bicyclic) bond motifs is 3. The lowest BCUT2D eigenvalue weighted by Crippen LogP contribution is -1.89. The Kier molecular flexibility index (Phi) is 1.75. The predicted octanol–water partition coefficient (Wildman–Crippen LogP) is 3.66. The quantitative estimate of drug-likeness (QED) is 0.585. The SMILES string of the molecule is c1cnc2c(c1)ccc1ccc(C3CC3)nc12. The van der Waals surface area contributed by atoms with E-state index in [4.69, 9.17) is 4.98 Å². The topological polar surface area (TPSA) is 25.8 Å². The summed E-state index contributed by atoms with van der Waals surface area (Å²) in [5, 5.41) is 2.35. The molecule has 4 rings (SSSR count). The van der Waals surface area contributed by atoms with Crippen molar-refractivity contribution in [3.63, 3.8) is 0 Å². The van der Waals surface area contributed by atoms with Gasteiger partial charge in [-0.3, -0.25) is 9.97 Å². The van der Waals surface area contributed by atoms with Gasteiger partial charge in [-0.1, -0.05) is 24.3 Å². The minimum absolute atomic E-state index is 0.693. The van der Waals surface area contributed by atoms with Crippen LogP contribution in [0.25, 0.3) is 21.8 Å². The van der Waals surface area contributed by atoms with E-state index in [0.29, 0.717) is 5.92 Å². The second kappa shape index (κ2) is 3.27. The van der Waals surface area contributed by atoms with Crippen LogP contribution in [0.1, 0.15) is 24.5 Å². The second-order valence-electron chi connectivity index (χ2n) is 4.72. The number of aromatic nitrogens is 2. The minimum atomic E-state index is 0.693. The van der Waals surface area contributed by atoms with Gasteiger partial charge >= 0.3 is 0 Å². The van der Waals surface area contributed by atoms with Crippen molar-refractivity contribution in [1.82, 2.24) is 9.97 Å². The van der Waals surface area contributed by atoms with E-state index >= 15 is 0 Å². The molecule has 0 N–H and O–H groups in total. The van der Waals surface area contributed by atoms with Crippen molar-refractivity contribution in [2.75, 3.05) is 0 Å². The summed E-state index contributed by atoms with van der Waals surface area (Å²) in [6.45, 7) is 0. The zero-order chi connectivity index (χ0) is 11.2. The molecule has 3 aromatic rings. The van der Waals surface area contributed by atoms with E-state index in [0.717, 1.165) is 11.0 Å². The van der Waals surface area contributed by atoms with Crippen LogP contribution in [0.5, 0.6) is 0 Å². The second-order valence-corrected chi connectivity index (χ2v) is 4.72. The molecule has 82 valence electrons. The molecule has 0 saturated heterocycles. The molecule has 0 atom stereocenters. The summed E-state index contributed by atoms with van der Waals surface area (Å²) in [4.78, 5) is 9.27. The van der Waals surface area contributed by atoms with Crippen molar-refractivity contribution in [2.24, 2.45) is 0 Å². The molecule has 17 heavy (non-hydrogen) atoms. The maximum Gasteiger partial charge on any atom is 0.0967 e. The van der Waals surface area contributed by atoms with Gasteiger partial charge in [-0.15, -0.1) is 0 Å². The smallest absolute Gasteiger partial charge is 0.0967 e. The summed E-state index contributed by atoms with van der Waals surface area (Å²) < 4.78 is 0. The summed E-state index contributed by atoms with van der Waals surface area (Å²) in [5.41, 5.74) is 3.30. The Morgan fingerprint density at radius 1 is 0.882 bits per heavy atom. The van der Waals surface area contributed by atoms with Crippen LogP contribution in [0.2, 0.25) is 0 Å². The lowest BCUT2D eigenvalue weighted by atomic mass is 10.1. The molecular formula is C15H12N2.